The molecule has 0 aromatic heterocycles. The van der Waals surface area contributed by atoms with E-state index in [1.165, 1.54) is 51.4 Å². The molecule has 0 heterocycles. The normalized spacial score (nSPS) is 12.0. The van der Waals surface area contributed by atoms with Crippen molar-refractivity contribution in [3.63, 3.8) is 0 Å². The molecule has 9 heteroatoms. The number of aliphatic hydroxyl groups is 1. The van der Waals surface area contributed by atoms with Crippen LogP contribution in [0.4, 0.5) is 0 Å². The molecule has 0 rings (SSSR count). The smallest absolute Gasteiger partial charge is 0.474 e. The number of carbonyl (C=O) groups is 1. The third-order valence-electron chi connectivity index (χ3n) is 7.64. The molecule has 0 unspecified atom stereocenters. The van der Waals surface area contributed by atoms with Crippen molar-refractivity contribution in [1.82, 2.24) is 4.90 Å². The quantitative estimate of drug-likeness (QED) is 0.0532. The van der Waals surface area contributed by atoms with Gasteiger partial charge in [0.15, 0.2) is 0 Å². The van der Waals surface area contributed by atoms with Crippen LogP contribution in [0.2, 0.25) is 0 Å². The molecule has 252 valence electrons. The lowest BCUT2D eigenvalue weighted by Crippen LogP contribution is -2.29. The van der Waals surface area contributed by atoms with Crippen LogP contribution in [0.5, 0.6) is 0 Å². The molecular formula is C33H68NO7P. The lowest BCUT2D eigenvalue weighted by atomic mass is 10.1. The van der Waals surface area contributed by atoms with Crippen LogP contribution in [0.15, 0.2) is 0 Å². The zero-order valence-electron chi connectivity index (χ0n) is 27.5. The Bertz CT molecular complexity index is 601. The fourth-order valence-electron chi connectivity index (χ4n) is 4.99. The average molecular weight is 622 g/mol. The third-order valence-corrected chi connectivity index (χ3v) is 9.14. The molecule has 0 atom stereocenters. The van der Waals surface area contributed by atoms with Gasteiger partial charge in [0.25, 0.3) is 0 Å². The molecule has 0 saturated heterocycles. The van der Waals surface area contributed by atoms with Crippen molar-refractivity contribution in [1.29, 1.82) is 0 Å². The van der Waals surface area contributed by atoms with Crippen LogP contribution in [0, 0.1) is 0 Å². The van der Waals surface area contributed by atoms with Crippen LogP contribution in [0.3, 0.4) is 0 Å². The first-order chi connectivity index (χ1) is 20.5. The molecule has 8 nitrogen and oxygen atoms in total. The minimum atomic E-state index is -3.51. The van der Waals surface area contributed by atoms with E-state index in [2.05, 4.69) is 18.7 Å². The number of phosphoric acid groups is 1. The van der Waals surface area contributed by atoms with Gasteiger partial charge in [0.05, 0.1) is 26.4 Å². The average Bonchev–Trinajstić information content (AvgIpc) is 2.97. The van der Waals surface area contributed by atoms with Crippen LogP contribution >= 0.6 is 7.82 Å². The fourth-order valence-corrected chi connectivity index (χ4v) is 6.27. The van der Waals surface area contributed by atoms with Crippen LogP contribution in [0.25, 0.3) is 0 Å². The number of carboxylic acids is 1. The van der Waals surface area contributed by atoms with Crippen molar-refractivity contribution in [2.45, 2.75) is 162 Å². The monoisotopic (exact) mass is 621 g/mol. The summed E-state index contributed by atoms with van der Waals surface area (Å²) in [5.74, 6) is -0.711. The van der Waals surface area contributed by atoms with E-state index in [0.717, 1.165) is 103 Å². The molecule has 0 amide bonds. The number of rotatable bonds is 35. The summed E-state index contributed by atoms with van der Waals surface area (Å²) in [6, 6.07) is 0. The second kappa shape index (κ2) is 31.9. The van der Waals surface area contributed by atoms with E-state index < -0.39 is 13.8 Å². The lowest BCUT2D eigenvalue weighted by Gasteiger charge is -2.21. The second-order valence-electron chi connectivity index (χ2n) is 11.7. The molecular weight excluding hydrogens is 553 g/mol. The molecule has 0 spiro atoms. The summed E-state index contributed by atoms with van der Waals surface area (Å²) < 4.78 is 30.4. The Hall–Kier alpha value is -0.500. The zero-order valence-corrected chi connectivity index (χ0v) is 28.4. The highest BCUT2D eigenvalue weighted by molar-refractivity contribution is 7.48. The highest BCUT2D eigenvalue weighted by Crippen LogP contribution is 2.50. The molecule has 0 aliphatic rings. The lowest BCUT2D eigenvalue weighted by molar-refractivity contribution is -0.137. The van der Waals surface area contributed by atoms with Crippen LogP contribution in [0.1, 0.15) is 162 Å². The van der Waals surface area contributed by atoms with Crippen molar-refractivity contribution in [2.24, 2.45) is 0 Å². The number of hydrogen-bond donors (Lipinski definition) is 2. The van der Waals surface area contributed by atoms with Crippen molar-refractivity contribution in [2.75, 3.05) is 46.1 Å². The molecule has 0 radical (unpaired) electrons. The minimum absolute atomic E-state index is 0.178. The Morgan fingerprint density at radius 2 is 0.905 bits per heavy atom. The number of carboxylic acid groups (broad SMARTS) is 1. The molecule has 0 aromatic carbocycles. The zero-order chi connectivity index (χ0) is 31.0. The Morgan fingerprint density at radius 3 is 1.29 bits per heavy atom. The Labute approximate surface area is 259 Å². The van der Waals surface area contributed by atoms with Crippen LogP contribution < -0.4 is 0 Å². The van der Waals surface area contributed by atoms with Crippen molar-refractivity contribution in [3.05, 3.63) is 0 Å². The third kappa shape index (κ3) is 29.6. The molecule has 0 aromatic rings. The van der Waals surface area contributed by atoms with Gasteiger partial charge in [-0.2, -0.15) is 0 Å². The highest BCUT2D eigenvalue weighted by atomic mass is 31.2. The summed E-state index contributed by atoms with van der Waals surface area (Å²) in [7, 11) is -3.51. The maximum absolute atomic E-state index is 13.2. The maximum Gasteiger partial charge on any atom is 0.474 e. The Kier molecular flexibility index (Phi) is 31.5. The number of aliphatic carboxylic acids is 1. The number of hydrogen-bond acceptors (Lipinski definition) is 7. The summed E-state index contributed by atoms with van der Waals surface area (Å²) in [6.07, 6.45) is 24.3. The van der Waals surface area contributed by atoms with Gasteiger partial charge in [-0.25, -0.2) is 4.57 Å². The maximum atomic E-state index is 13.2. The van der Waals surface area contributed by atoms with Crippen molar-refractivity contribution >= 4 is 13.8 Å². The van der Waals surface area contributed by atoms with E-state index in [4.69, 9.17) is 18.7 Å². The number of aliphatic hydroxyl groups excluding tert-OH is 1. The molecule has 2 N–H and O–H groups in total. The van der Waals surface area contributed by atoms with Crippen molar-refractivity contribution in [3.8, 4) is 0 Å². The van der Waals surface area contributed by atoms with Crippen LogP contribution in [-0.2, 0) is 22.9 Å². The van der Waals surface area contributed by atoms with Crippen LogP contribution in [-0.4, -0.2) is 67.1 Å². The van der Waals surface area contributed by atoms with E-state index in [1.54, 1.807) is 0 Å². The Balaban J connectivity index is 4.13. The highest BCUT2D eigenvalue weighted by Gasteiger charge is 2.26. The van der Waals surface area contributed by atoms with Gasteiger partial charge in [-0.05, 0) is 51.6 Å². The first kappa shape index (κ1) is 41.5. The Morgan fingerprint density at radius 1 is 0.548 bits per heavy atom. The number of unbranched alkanes of at least 4 members (excludes halogenated alkanes) is 18. The summed E-state index contributed by atoms with van der Waals surface area (Å²) >= 11 is 0. The fraction of sp³-hybridized carbons (Fsp3) is 0.970. The topological polar surface area (TPSA) is 106 Å². The van der Waals surface area contributed by atoms with E-state index >= 15 is 0 Å². The van der Waals surface area contributed by atoms with Gasteiger partial charge >= 0.3 is 13.8 Å². The molecule has 0 aliphatic carbocycles. The molecule has 42 heavy (non-hydrogen) atoms. The summed E-state index contributed by atoms with van der Waals surface area (Å²) in [5, 5.41) is 18.1. The molecule has 0 bridgehead atoms. The van der Waals surface area contributed by atoms with Gasteiger partial charge in [0.2, 0.25) is 0 Å². The van der Waals surface area contributed by atoms with E-state index in [0.29, 0.717) is 26.4 Å². The summed E-state index contributed by atoms with van der Waals surface area (Å²) in [4.78, 5) is 12.9. The van der Waals surface area contributed by atoms with Gasteiger partial charge in [0.1, 0.15) is 0 Å². The second-order valence-corrected chi connectivity index (χ2v) is 13.4. The first-order valence-electron chi connectivity index (χ1n) is 17.6. The van der Waals surface area contributed by atoms with Gasteiger partial charge in [-0.1, -0.05) is 117 Å². The standard InChI is InChI=1S/C33H68NO7P/c1-3-5-7-9-16-22-30-39-42(38,40-31-23-17-10-8-6-4-2)41-32-24-18-12-15-21-27-34(28-29-35)26-20-14-11-13-19-25-33(36)37/h35H,3-32H2,1-2H3,(H,36,37). The first-order valence-corrected chi connectivity index (χ1v) is 19.0. The molecule has 0 saturated carbocycles. The molecule has 0 aliphatic heterocycles. The van der Waals surface area contributed by atoms with E-state index in [9.17, 15) is 14.5 Å². The van der Waals surface area contributed by atoms with Gasteiger partial charge in [-0.15, -0.1) is 0 Å². The van der Waals surface area contributed by atoms with E-state index in [-0.39, 0.29) is 13.0 Å². The predicted octanol–water partition coefficient (Wildman–Crippen LogP) is 9.54. The predicted molar refractivity (Wildman–Crippen MR) is 174 cm³/mol. The molecule has 0 fully saturated rings. The number of nitrogens with zero attached hydrogens (tertiary/aromatic N) is 1. The summed E-state index contributed by atoms with van der Waals surface area (Å²) in [5.41, 5.74) is 0. The number of phosphoric ester groups is 1. The minimum Gasteiger partial charge on any atom is -0.481 e. The van der Waals surface area contributed by atoms with Crippen molar-refractivity contribution < 1.29 is 33.1 Å². The van der Waals surface area contributed by atoms with Gasteiger partial charge in [-0.3, -0.25) is 18.4 Å². The van der Waals surface area contributed by atoms with Gasteiger partial charge < -0.3 is 15.1 Å². The van der Waals surface area contributed by atoms with E-state index in [1.807, 2.05) is 0 Å². The largest absolute Gasteiger partial charge is 0.481 e. The van der Waals surface area contributed by atoms with Gasteiger partial charge in [0, 0.05) is 13.0 Å². The SMILES string of the molecule is CCCCCCCCOP(=O)(OCCCCCCCC)OCCCCCCCN(CCO)CCCCCCCC(=O)O. The summed E-state index contributed by atoms with van der Waals surface area (Å²) in [6.45, 7) is 8.54.